The summed E-state index contributed by atoms with van der Waals surface area (Å²) >= 11 is 0. The predicted octanol–water partition coefficient (Wildman–Crippen LogP) is 1.55. The van der Waals surface area contributed by atoms with Crippen LogP contribution in [-0.4, -0.2) is 19.2 Å². The average Bonchev–Trinajstić information content (AvgIpc) is 2.21. The van der Waals surface area contributed by atoms with Crippen LogP contribution in [0.25, 0.3) is 0 Å². The van der Waals surface area contributed by atoms with Crippen molar-refractivity contribution in [1.29, 1.82) is 5.26 Å². The second-order valence-corrected chi connectivity index (χ2v) is 2.40. The maximum atomic E-state index is 10.8. The van der Waals surface area contributed by atoms with Gasteiger partial charge in [-0.2, -0.15) is 5.26 Å². The van der Waals surface area contributed by atoms with E-state index in [-0.39, 0.29) is 32.0 Å². The highest BCUT2D eigenvalue weighted by Crippen LogP contribution is 1.95. The number of carbonyl (C=O) groups is 1. The number of esters is 1. The fourth-order valence-corrected chi connectivity index (χ4v) is 0.617. The van der Waals surface area contributed by atoms with Gasteiger partial charge in [-0.3, -0.25) is 4.79 Å². The summed E-state index contributed by atoms with van der Waals surface area (Å²) in [6.07, 6.45) is 1.77. The Kier molecular flexibility index (Phi) is 6.88. The van der Waals surface area contributed by atoms with Crippen molar-refractivity contribution in [3.8, 4) is 6.07 Å². The summed E-state index contributed by atoms with van der Waals surface area (Å²) in [5.74, 6) is 0.0532. The van der Waals surface area contributed by atoms with Crippen LogP contribution in [0.2, 0.25) is 0 Å². The molecule has 14 heavy (non-hydrogen) atoms. The molecule has 0 atom stereocenters. The van der Waals surface area contributed by atoms with E-state index in [1.165, 1.54) is 6.08 Å². The van der Waals surface area contributed by atoms with E-state index in [4.69, 9.17) is 14.7 Å². The van der Waals surface area contributed by atoms with Crippen molar-refractivity contribution in [2.45, 2.75) is 12.8 Å². The summed E-state index contributed by atoms with van der Waals surface area (Å²) in [5, 5.41) is 8.19. The van der Waals surface area contributed by atoms with Gasteiger partial charge in [-0.15, -0.1) is 0 Å². The van der Waals surface area contributed by atoms with Gasteiger partial charge in [-0.25, -0.2) is 0 Å². The van der Waals surface area contributed by atoms with Gasteiger partial charge in [-0.05, 0) is 6.08 Å². The minimum absolute atomic E-state index is 0.124. The summed E-state index contributed by atoms with van der Waals surface area (Å²) in [5.41, 5.74) is 0. The number of ether oxygens (including phenoxy) is 2. The van der Waals surface area contributed by atoms with Gasteiger partial charge in [-0.1, -0.05) is 13.2 Å². The molecule has 0 aliphatic heterocycles. The first-order valence-corrected chi connectivity index (χ1v) is 4.17. The Balaban J connectivity index is 3.36. The summed E-state index contributed by atoms with van der Waals surface area (Å²) < 4.78 is 9.74. The van der Waals surface area contributed by atoms with E-state index in [0.29, 0.717) is 5.76 Å². The number of nitriles is 1. The first-order chi connectivity index (χ1) is 6.70. The zero-order valence-corrected chi connectivity index (χ0v) is 7.99. The van der Waals surface area contributed by atoms with Crippen LogP contribution in [0, 0.1) is 11.3 Å². The Bertz CT molecular complexity index is 253. The monoisotopic (exact) mass is 195 g/mol. The largest absolute Gasteiger partial charge is 0.491 e. The Morgan fingerprint density at radius 2 is 2.07 bits per heavy atom. The lowest BCUT2D eigenvalue weighted by molar-refractivity contribution is -0.144. The molecule has 0 amide bonds. The summed E-state index contributed by atoms with van der Waals surface area (Å²) in [6, 6.07) is 1.86. The van der Waals surface area contributed by atoms with Crippen LogP contribution in [0.3, 0.4) is 0 Å². The first-order valence-electron chi connectivity index (χ1n) is 4.17. The summed E-state index contributed by atoms with van der Waals surface area (Å²) in [4.78, 5) is 10.8. The molecule has 4 nitrogen and oxygen atoms in total. The topological polar surface area (TPSA) is 59.3 Å². The maximum Gasteiger partial charge on any atom is 0.306 e. The van der Waals surface area contributed by atoms with Crippen LogP contribution in [-0.2, 0) is 14.3 Å². The SMILES string of the molecule is C=CC(=C)OCCOC(=O)CCC#N. The number of rotatable bonds is 7. The average molecular weight is 195 g/mol. The summed E-state index contributed by atoms with van der Waals surface area (Å²) in [6.45, 7) is 7.38. The number of nitrogens with zero attached hydrogens (tertiary/aromatic N) is 1. The van der Waals surface area contributed by atoms with Crippen LogP contribution in [0.4, 0.5) is 0 Å². The zero-order valence-electron chi connectivity index (χ0n) is 7.99. The molecule has 0 N–H and O–H groups in total. The van der Waals surface area contributed by atoms with E-state index in [0.717, 1.165) is 0 Å². The number of hydrogen-bond acceptors (Lipinski definition) is 4. The number of hydrogen-bond donors (Lipinski definition) is 0. The molecule has 4 heteroatoms. The number of allylic oxidation sites excluding steroid dienone is 1. The van der Waals surface area contributed by atoms with Gasteiger partial charge in [0.2, 0.25) is 0 Å². The molecule has 0 aromatic carbocycles. The molecule has 0 aromatic heterocycles. The lowest BCUT2D eigenvalue weighted by Gasteiger charge is -2.05. The van der Waals surface area contributed by atoms with Crippen molar-refractivity contribution in [2.75, 3.05) is 13.2 Å². The molecule has 76 valence electrons. The van der Waals surface area contributed by atoms with Crippen molar-refractivity contribution in [2.24, 2.45) is 0 Å². The fraction of sp³-hybridized carbons (Fsp3) is 0.400. The Labute approximate surface area is 83.4 Å². The molecule has 0 aromatic rings. The third kappa shape index (κ3) is 6.92. The molecule has 0 radical (unpaired) electrons. The molecule has 0 aliphatic carbocycles. The van der Waals surface area contributed by atoms with E-state index >= 15 is 0 Å². The van der Waals surface area contributed by atoms with Gasteiger partial charge >= 0.3 is 5.97 Å². The molecule has 0 fully saturated rings. The Hall–Kier alpha value is -1.76. The minimum atomic E-state index is -0.389. The molecule has 0 saturated heterocycles. The highest BCUT2D eigenvalue weighted by Gasteiger charge is 2.01. The third-order valence-corrected chi connectivity index (χ3v) is 1.30. The van der Waals surface area contributed by atoms with E-state index < -0.39 is 0 Å². The van der Waals surface area contributed by atoms with E-state index in [1.807, 2.05) is 6.07 Å². The Morgan fingerprint density at radius 1 is 1.43 bits per heavy atom. The standard InChI is InChI=1S/C10H13NO3/c1-3-9(2)13-7-8-14-10(12)5-4-6-11/h3H,1-2,4-5,7-8H2. The predicted molar refractivity (Wildman–Crippen MR) is 51.1 cm³/mol. The smallest absolute Gasteiger partial charge is 0.306 e. The molecule has 0 rings (SSSR count). The van der Waals surface area contributed by atoms with Crippen molar-refractivity contribution in [3.05, 3.63) is 25.0 Å². The maximum absolute atomic E-state index is 10.8. The number of carbonyl (C=O) groups excluding carboxylic acids is 1. The van der Waals surface area contributed by atoms with E-state index in [1.54, 1.807) is 0 Å². The summed E-state index contributed by atoms with van der Waals surface area (Å²) in [7, 11) is 0. The fourth-order valence-electron chi connectivity index (χ4n) is 0.617. The highest BCUT2D eigenvalue weighted by molar-refractivity contribution is 5.69. The van der Waals surface area contributed by atoms with Crippen LogP contribution in [0.5, 0.6) is 0 Å². The highest BCUT2D eigenvalue weighted by atomic mass is 16.6. The van der Waals surface area contributed by atoms with Crippen LogP contribution in [0.1, 0.15) is 12.8 Å². The Morgan fingerprint density at radius 3 is 2.64 bits per heavy atom. The quantitative estimate of drug-likeness (QED) is 0.267. The second kappa shape index (κ2) is 7.87. The molecule has 0 spiro atoms. The van der Waals surface area contributed by atoms with Crippen molar-refractivity contribution in [1.82, 2.24) is 0 Å². The molecule has 0 bridgehead atoms. The van der Waals surface area contributed by atoms with Crippen LogP contribution < -0.4 is 0 Å². The lowest BCUT2D eigenvalue weighted by atomic mass is 10.3. The second-order valence-electron chi connectivity index (χ2n) is 2.40. The lowest BCUT2D eigenvalue weighted by Crippen LogP contribution is -2.09. The molecule has 0 unspecified atom stereocenters. The van der Waals surface area contributed by atoms with Gasteiger partial charge in [0.05, 0.1) is 12.5 Å². The minimum Gasteiger partial charge on any atom is -0.491 e. The molecule has 0 aliphatic rings. The van der Waals surface area contributed by atoms with Gasteiger partial charge in [0.15, 0.2) is 0 Å². The molecule has 0 heterocycles. The molecule has 0 saturated carbocycles. The third-order valence-electron chi connectivity index (χ3n) is 1.30. The first kappa shape index (κ1) is 12.2. The van der Waals surface area contributed by atoms with Crippen LogP contribution >= 0.6 is 0 Å². The molecular formula is C10H13NO3. The zero-order chi connectivity index (χ0) is 10.8. The van der Waals surface area contributed by atoms with E-state index in [9.17, 15) is 4.79 Å². The van der Waals surface area contributed by atoms with E-state index in [2.05, 4.69) is 13.2 Å². The van der Waals surface area contributed by atoms with Gasteiger partial charge in [0, 0.05) is 6.42 Å². The molecular weight excluding hydrogens is 182 g/mol. The van der Waals surface area contributed by atoms with Gasteiger partial charge in [0.1, 0.15) is 19.0 Å². The normalized spacial score (nSPS) is 8.50. The van der Waals surface area contributed by atoms with Crippen molar-refractivity contribution in [3.63, 3.8) is 0 Å². The van der Waals surface area contributed by atoms with Gasteiger partial charge in [0.25, 0.3) is 0 Å². The van der Waals surface area contributed by atoms with Crippen molar-refractivity contribution >= 4 is 5.97 Å². The van der Waals surface area contributed by atoms with Crippen LogP contribution in [0.15, 0.2) is 25.0 Å². The van der Waals surface area contributed by atoms with Gasteiger partial charge < -0.3 is 9.47 Å². The van der Waals surface area contributed by atoms with Crippen molar-refractivity contribution < 1.29 is 14.3 Å².